The molecule has 0 saturated carbocycles. The molecule has 1 heterocycles. The van der Waals surface area contributed by atoms with Gasteiger partial charge in [-0.05, 0) is 32.0 Å². The van der Waals surface area contributed by atoms with E-state index in [0.29, 0.717) is 5.02 Å². The van der Waals surface area contributed by atoms with Crippen LogP contribution >= 0.6 is 11.6 Å². The average molecular weight is 263 g/mol. The summed E-state index contributed by atoms with van der Waals surface area (Å²) in [6.07, 6.45) is 3.38. The van der Waals surface area contributed by atoms with Crippen molar-refractivity contribution >= 4 is 23.6 Å². The van der Waals surface area contributed by atoms with Gasteiger partial charge in [-0.15, -0.1) is 0 Å². The van der Waals surface area contributed by atoms with Crippen molar-refractivity contribution in [1.82, 2.24) is 10.2 Å². The lowest BCUT2D eigenvalue weighted by Gasteiger charge is -2.06. The second-order valence-electron chi connectivity index (χ2n) is 4.18. The molecule has 0 fully saturated rings. The van der Waals surface area contributed by atoms with Gasteiger partial charge < -0.3 is 5.32 Å². The largest absolute Gasteiger partial charge is 0.346 e. The van der Waals surface area contributed by atoms with Gasteiger partial charge in [0.2, 0.25) is 0 Å². The van der Waals surface area contributed by atoms with Crippen molar-refractivity contribution in [2.45, 2.75) is 19.9 Å². The maximum Gasteiger partial charge on any atom is 0.0871 e. The summed E-state index contributed by atoms with van der Waals surface area (Å²) < 4.78 is 0. The van der Waals surface area contributed by atoms with Crippen molar-refractivity contribution in [2.75, 3.05) is 5.32 Å². The lowest BCUT2D eigenvalue weighted by atomic mass is 10.1. The predicted octanol–water partition coefficient (Wildman–Crippen LogP) is 3.58. The highest BCUT2D eigenvalue weighted by molar-refractivity contribution is 6.33. The molecule has 0 unspecified atom stereocenters. The van der Waals surface area contributed by atoms with Crippen molar-refractivity contribution < 1.29 is 0 Å². The van der Waals surface area contributed by atoms with Gasteiger partial charge in [-0.3, -0.25) is 10.1 Å². The number of anilines is 1. The smallest absolute Gasteiger partial charge is 0.0871 e. The summed E-state index contributed by atoms with van der Waals surface area (Å²) in [4.78, 5) is 4.22. The normalized spacial score (nSPS) is 11.3. The number of hydrogen-bond donors (Lipinski definition) is 2. The molecule has 94 valence electrons. The molecule has 0 atom stereocenters. The van der Waals surface area contributed by atoms with Crippen LogP contribution in [0.25, 0.3) is 11.3 Å². The van der Waals surface area contributed by atoms with E-state index in [1.807, 2.05) is 38.1 Å². The van der Waals surface area contributed by atoms with Crippen molar-refractivity contribution in [2.24, 2.45) is 4.99 Å². The van der Waals surface area contributed by atoms with Gasteiger partial charge in [0, 0.05) is 17.8 Å². The van der Waals surface area contributed by atoms with Gasteiger partial charge in [-0.25, -0.2) is 0 Å². The third kappa shape index (κ3) is 3.11. The SMILES string of the molecule is CC(C)N=CNc1ccc(-c2ccn[nH]2)cc1Cl. The number of benzene rings is 1. The number of aromatic nitrogens is 2. The van der Waals surface area contributed by atoms with Crippen LogP contribution in [-0.2, 0) is 0 Å². The molecule has 0 aliphatic rings. The fraction of sp³-hybridized carbons (Fsp3) is 0.231. The predicted molar refractivity (Wildman–Crippen MR) is 76.3 cm³/mol. The Morgan fingerprint density at radius 3 is 2.83 bits per heavy atom. The standard InChI is InChI=1S/C13H15ClN4/c1-9(2)15-8-16-13-4-3-10(7-11(13)14)12-5-6-17-18-12/h3-9H,1-2H3,(H,15,16)(H,17,18). The molecule has 0 aliphatic carbocycles. The molecule has 5 heteroatoms. The lowest BCUT2D eigenvalue weighted by Crippen LogP contribution is -1.99. The summed E-state index contributed by atoms with van der Waals surface area (Å²) in [5.41, 5.74) is 2.78. The van der Waals surface area contributed by atoms with E-state index < -0.39 is 0 Å². The molecule has 2 N–H and O–H groups in total. The number of aliphatic imine (C=N–C) groups is 1. The number of rotatable bonds is 4. The molecule has 18 heavy (non-hydrogen) atoms. The van der Waals surface area contributed by atoms with Gasteiger partial charge in [0.25, 0.3) is 0 Å². The fourth-order valence-electron chi connectivity index (χ4n) is 1.47. The first kappa shape index (κ1) is 12.6. The summed E-state index contributed by atoms with van der Waals surface area (Å²) in [6.45, 7) is 4.03. The number of nitrogens with one attached hydrogen (secondary N) is 2. The first-order valence-electron chi connectivity index (χ1n) is 5.74. The van der Waals surface area contributed by atoms with Crippen molar-refractivity contribution in [3.8, 4) is 11.3 Å². The molecule has 1 aromatic carbocycles. The molecule has 0 amide bonds. The molecule has 0 radical (unpaired) electrons. The summed E-state index contributed by atoms with van der Waals surface area (Å²) in [6, 6.07) is 7.95. The van der Waals surface area contributed by atoms with E-state index in [9.17, 15) is 0 Å². The van der Waals surface area contributed by atoms with Crippen LogP contribution in [-0.4, -0.2) is 22.6 Å². The van der Waals surface area contributed by atoms with E-state index in [1.54, 1.807) is 12.5 Å². The van der Waals surface area contributed by atoms with Crippen LogP contribution in [0, 0.1) is 0 Å². The maximum absolute atomic E-state index is 6.20. The molecule has 0 aliphatic heterocycles. The molecular formula is C13H15ClN4. The van der Waals surface area contributed by atoms with Crippen LogP contribution in [0.15, 0.2) is 35.5 Å². The Bertz CT molecular complexity index is 532. The van der Waals surface area contributed by atoms with Gasteiger partial charge >= 0.3 is 0 Å². The number of aromatic amines is 1. The summed E-state index contributed by atoms with van der Waals surface area (Å²) in [5.74, 6) is 0. The molecular weight excluding hydrogens is 248 g/mol. The Morgan fingerprint density at radius 2 is 2.22 bits per heavy atom. The summed E-state index contributed by atoms with van der Waals surface area (Å²) in [7, 11) is 0. The number of nitrogens with zero attached hydrogens (tertiary/aromatic N) is 2. The van der Waals surface area contributed by atoms with E-state index in [0.717, 1.165) is 16.9 Å². The van der Waals surface area contributed by atoms with Crippen LogP contribution in [0.4, 0.5) is 5.69 Å². The number of hydrogen-bond acceptors (Lipinski definition) is 2. The minimum Gasteiger partial charge on any atom is -0.346 e. The first-order chi connectivity index (χ1) is 8.66. The molecule has 0 spiro atoms. The Labute approximate surface area is 111 Å². The van der Waals surface area contributed by atoms with Crippen LogP contribution < -0.4 is 5.32 Å². The van der Waals surface area contributed by atoms with Gasteiger partial charge in [-0.1, -0.05) is 17.7 Å². The lowest BCUT2D eigenvalue weighted by molar-refractivity contribution is 0.840. The number of halogens is 1. The van der Waals surface area contributed by atoms with E-state index >= 15 is 0 Å². The van der Waals surface area contributed by atoms with Crippen molar-refractivity contribution in [1.29, 1.82) is 0 Å². The minimum absolute atomic E-state index is 0.264. The molecule has 0 bridgehead atoms. The highest BCUT2D eigenvalue weighted by Gasteiger charge is 2.03. The molecule has 2 aromatic rings. The highest BCUT2D eigenvalue weighted by atomic mass is 35.5. The fourth-order valence-corrected chi connectivity index (χ4v) is 1.71. The van der Waals surface area contributed by atoms with E-state index in [-0.39, 0.29) is 6.04 Å². The summed E-state index contributed by atoms with van der Waals surface area (Å²) >= 11 is 6.20. The molecule has 4 nitrogen and oxygen atoms in total. The molecule has 0 saturated heterocycles. The van der Waals surface area contributed by atoms with Crippen molar-refractivity contribution in [3.05, 3.63) is 35.5 Å². The van der Waals surface area contributed by atoms with Crippen LogP contribution in [0.1, 0.15) is 13.8 Å². The quantitative estimate of drug-likeness (QED) is 0.654. The van der Waals surface area contributed by atoms with Gasteiger partial charge in [0.15, 0.2) is 0 Å². The Morgan fingerprint density at radius 1 is 1.39 bits per heavy atom. The molecule has 2 rings (SSSR count). The second-order valence-corrected chi connectivity index (χ2v) is 4.59. The minimum atomic E-state index is 0.264. The maximum atomic E-state index is 6.20. The van der Waals surface area contributed by atoms with Gasteiger partial charge in [-0.2, -0.15) is 5.10 Å². The third-order valence-corrected chi connectivity index (χ3v) is 2.69. The van der Waals surface area contributed by atoms with Crippen LogP contribution in [0.5, 0.6) is 0 Å². The zero-order valence-electron chi connectivity index (χ0n) is 10.3. The van der Waals surface area contributed by atoms with E-state index in [2.05, 4.69) is 20.5 Å². The van der Waals surface area contributed by atoms with Crippen molar-refractivity contribution in [3.63, 3.8) is 0 Å². The Balaban J connectivity index is 2.15. The Hall–Kier alpha value is -1.81. The summed E-state index contributed by atoms with van der Waals surface area (Å²) in [5, 5.41) is 10.5. The monoisotopic (exact) mass is 262 g/mol. The Kier molecular flexibility index (Phi) is 3.99. The molecule has 1 aromatic heterocycles. The van der Waals surface area contributed by atoms with Crippen LogP contribution in [0.2, 0.25) is 5.02 Å². The van der Waals surface area contributed by atoms with E-state index in [4.69, 9.17) is 11.6 Å². The third-order valence-electron chi connectivity index (χ3n) is 2.37. The highest BCUT2D eigenvalue weighted by Crippen LogP contribution is 2.27. The average Bonchev–Trinajstić information content (AvgIpc) is 2.84. The topological polar surface area (TPSA) is 53.1 Å². The first-order valence-corrected chi connectivity index (χ1v) is 6.12. The second kappa shape index (κ2) is 5.69. The zero-order chi connectivity index (χ0) is 13.0. The van der Waals surface area contributed by atoms with Crippen LogP contribution in [0.3, 0.4) is 0 Å². The zero-order valence-corrected chi connectivity index (χ0v) is 11.1. The van der Waals surface area contributed by atoms with E-state index in [1.165, 1.54) is 0 Å². The van der Waals surface area contributed by atoms with Gasteiger partial charge in [0.1, 0.15) is 0 Å². The van der Waals surface area contributed by atoms with Gasteiger partial charge in [0.05, 0.1) is 22.7 Å². The number of H-pyrrole nitrogens is 1.